The highest BCUT2D eigenvalue weighted by Crippen LogP contribution is 2.23. The van der Waals surface area contributed by atoms with Crippen molar-refractivity contribution >= 4 is 35.1 Å². The summed E-state index contributed by atoms with van der Waals surface area (Å²) >= 11 is 5.96. The first-order chi connectivity index (χ1) is 13.4. The third-order valence-electron chi connectivity index (χ3n) is 4.93. The molecule has 2 amide bonds. The molecule has 1 aliphatic carbocycles. The highest BCUT2D eigenvalue weighted by molar-refractivity contribution is 6.30. The molecule has 28 heavy (non-hydrogen) atoms. The van der Waals surface area contributed by atoms with Gasteiger partial charge < -0.3 is 20.9 Å². The van der Waals surface area contributed by atoms with Crippen LogP contribution in [0.3, 0.4) is 0 Å². The summed E-state index contributed by atoms with van der Waals surface area (Å²) in [6, 6.07) is 7.61. The molecule has 1 aromatic carbocycles. The molecule has 0 saturated heterocycles. The number of carbonyl (C=O) groups is 1. The molecule has 0 bridgehead atoms. The molecule has 0 unspecified atom stereocenters. The van der Waals surface area contributed by atoms with Crippen LogP contribution < -0.4 is 20.9 Å². The number of amides is 2. The van der Waals surface area contributed by atoms with Gasteiger partial charge in [0, 0.05) is 43.1 Å². The first-order valence-corrected chi connectivity index (χ1v) is 9.89. The maximum Gasteiger partial charge on any atom is 0.319 e. The summed E-state index contributed by atoms with van der Waals surface area (Å²) in [6.07, 6.45) is 5.51. The van der Waals surface area contributed by atoms with Gasteiger partial charge in [0.2, 0.25) is 5.95 Å². The van der Waals surface area contributed by atoms with Crippen LogP contribution in [0.5, 0.6) is 0 Å². The van der Waals surface area contributed by atoms with Crippen LogP contribution in [-0.4, -0.2) is 42.2 Å². The molecule has 7 nitrogen and oxygen atoms in total. The Morgan fingerprint density at radius 3 is 2.54 bits per heavy atom. The molecule has 8 heteroatoms. The number of nitrogens with one attached hydrogen (secondary N) is 3. The topological polar surface area (TPSA) is 82.2 Å². The minimum absolute atomic E-state index is 0.166. The Kier molecular flexibility index (Phi) is 6.57. The second-order valence-corrected chi connectivity index (χ2v) is 7.82. The van der Waals surface area contributed by atoms with Crippen LogP contribution in [0.25, 0.3) is 0 Å². The van der Waals surface area contributed by atoms with E-state index < -0.39 is 0 Å². The summed E-state index contributed by atoms with van der Waals surface area (Å²) in [7, 11) is 3.92. The monoisotopic (exact) mass is 402 g/mol. The molecule has 1 aromatic heterocycles. The molecule has 3 rings (SSSR count). The van der Waals surface area contributed by atoms with Crippen molar-refractivity contribution in [1.82, 2.24) is 15.3 Å². The summed E-state index contributed by atoms with van der Waals surface area (Å²) in [6.45, 7) is 1.92. The van der Waals surface area contributed by atoms with Crippen molar-refractivity contribution in [2.45, 2.75) is 44.7 Å². The van der Waals surface area contributed by atoms with Gasteiger partial charge in [0.15, 0.2) is 0 Å². The van der Waals surface area contributed by atoms with E-state index in [0.717, 1.165) is 42.8 Å². The molecular weight excluding hydrogens is 376 g/mol. The van der Waals surface area contributed by atoms with Crippen LogP contribution in [0.1, 0.15) is 31.2 Å². The quantitative estimate of drug-likeness (QED) is 0.702. The highest BCUT2D eigenvalue weighted by atomic mass is 35.5. The van der Waals surface area contributed by atoms with Crippen LogP contribution in [0, 0.1) is 6.92 Å². The zero-order valence-electron chi connectivity index (χ0n) is 16.5. The first-order valence-electron chi connectivity index (χ1n) is 9.51. The molecule has 1 heterocycles. The number of anilines is 3. The summed E-state index contributed by atoms with van der Waals surface area (Å²) in [5.41, 5.74) is 1.71. The van der Waals surface area contributed by atoms with E-state index in [-0.39, 0.29) is 12.1 Å². The van der Waals surface area contributed by atoms with Gasteiger partial charge in [-0.3, -0.25) is 0 Å². The molecule has 1 aliphatic rings. The summed E-state index contributed by atoms with van der Waals surface area (Å²) in [5, 5.41) is 10.0. The molecule has 0 radical (unpaired) electrons. The number of rotatable bonds is 5. The van der Waals surface area contributed by atoms with Crippen LogP contribution in [0.15, 0.2) is 30.5 Å². The molecule has 3 N–H and O–H groups in total. The van der Waals surface area contributed by atoms with Gasteiger partial charge in [0.05, 0.1) is 0 Å². The molecule has 2 aromatic rings. The molecule has 1 saturated carbocycles. The zero-order valence-corrected chi connectivity index (χ0v) is 17.3. The number of hydrogen-bond donors (Lipinski definition) is 3. The molecule has 1 fully saturated rings. The van der Waals surface area contributed by atoms with Crippen molar-refractivity contribution in [2.75, 3.05) is 29.6 Å². The Labute approximate surface area is 170 Å². The van der Waals surface area contributed by atoms with E-state index in [1.54, 1.807) is 12.3 Å². The summed E-state index contributed by atoms with van der Waals surface area (Å²) in [4.78, 5) is 23.1. The fraction of sp³-hybridized carbons (Fsp3) is 0.450. The second-order valence-electron chi connectivity index (χ2n) is 7.38. The fourth-order valence-electron chi connectivity index (χ4n) is 3.34. The Balaban J connectivity index is 1.46. The lowest BCUT2D eigenvalue weighted by Gasteiger charge is -2.29. The van der Waals surface area contributed by atoms with Crippen LogP contribution in [0.2, 0.25) is 5.02 Å². The lowest BCUT2D eigenvalue weighted by atomic mass is 9.91. The average molecular weight is 403 g/mol. The molecule has 0 atom stereocenters. The Morgan fingerprint density at radius 2 is 1.86 bits per heavy atom. The predicted octanol–water partition coefficient (Wildman–Crippen LogP) is 4.05. The van der Waals surface area contributed by atoms with E-state index in [9.17, 15) is 4.79 Å². The summed E-state index contributed by atoms with van der Waals surface area (Å²) < 4.78 is 0. The van der Waals surface area contributed by atoms with Gasteiger partial charge in [0.25, 0.3) is 0 Å². The zero-order chi connectivity index (χ0) is 20.1. The number of aromatic nitrogens is 2. The molecule has 0 spiro atoms. The van der Waals surface area contributed by atoms with Gasteiger partial charge in [-0.25, -0.2) is 9.78 Å². The van der Waals surface area contributed by atoms with Crippen molar-refractivity contribution in [3.63, 3.8) is 0 Å². The fourth-order valence-corrected chi connectivity index (χ4v) is 3.57. The number of halogens is 1. The Morgan fingerprint density at radius 1 is 1.14 bits per heavy atom. The van der Waals surface area contributed by atoms with Gasteiger partial charge in [-0.05, 0) is 62.4 Å². The minimum atomic E-state index is -0.177. The predicted molar refractivity (Wildman–Crippen MR) is 114 cm³/mol. The van der Waals surface area contributed by atoms with E-state index in [1.807, 2.05) is 44.1 Å². The van der Waals surface area contributed by atoms with E-state index in [2.05, 4.69) is 25.9 Å². The van der Waals surface area contributed by atoms with Crippen LogP contribution in [0.4, 0.5) is 22.2 Å². The van der Waals surface area contributed by atoms with E-state index >= 15 is 0 Å². The molecule has 0 aliphatic heterocycles. The van der Waals surface area contributed by atoms with Crippen molar-refractivity contribution in [1.29, 1.82) is 0 Å². The molecular formula is C20H27ClN6O. The number of hydrogen-bond acceptors (Lipinski definition) is 5. The normalized spacial score (nSPS) is 19.0. The third-order valence-corrected chi connectivity index (χ3v) is 5.17. The van der Waals surface area contributed by atoms with Crippen molar-refractivity contribution < 1.29 is 4.79 Å². The number of benzene rings is 1. The van der Waals surface area contributed by atoms with Gasteiger partial charge in [0.1, 0.15) is 5.82 Å². The van der Waals surface area contributed by atoms with Gasteiger partial charge >= 0.3 is 6.03 Å². The van der Waals surface area contributed by atoms with Crippen LogP contribution >= 0.6 is 11.6 Å². The number of aryl methyl sites for hydroxylation is 1. The number of urea groups is 1. The largest absolute Gasteiger partial charge is 0.363 e. The van der Waals surface area contributed by atoms with Crippen molar-refractivity contribution in [3.8, 4) is 0 Å². The lowest BCUT2D eigenvalue weighted by Crippen LogP contribution is -2.42. The van der Waals surface area contributed by atoms with Crippen molar-refractivity contribution in [2.24, 2.45) is 0 Å². The number of carbonyl (C=O) groups excluding carboxylic acids is 1. The second kappa shape index (κ2) is 9.10. The Bertz CT molecular complexity index is 820. The van der Waals surface area contributed by atoms with E-state index in [1.165, 1.54) is 0 Å². The van der Waals surface area contributed by atoms with E-state index in [4.69, 9.17) is 11.6 Å². The van der Waals surface area contributed by atoms with Crippen molar-refractivity contribution in [3.05, 3.63) is 41.0 Å². The number of nitrogens with zero attached hydrogens (tertiary/aromatic N) is 3. The van der Waals surface area contributed by atoms with Gasteiger partial charge in [-0.2, -0.15) is 4.98 Å². The SMILES string of the molecule is Cc1cc(Cl)ccc1NC(=O)NC1CCC(Nc2nccc(N(C)C)n2)CC1. The minimum Gasteiger partial charge on any atom is -0.363 e. The third kappa shape index (κ3) is 5.48. The standard InChI is InChI=1S/C20H27ClN6O/c1-13-12-14(21)4-9-17(13)25-20(28)24-16-7-5-15(6-8-16)23-19-22-11-10-18(26-19)27(2)3/h4,9-12,15-16H,5-8H2,1-3H3,(H,22,23,26)(H2,24,25,28). The maximum absolute atomic E-state index is 12.3. The first kappa shape index (κ1) is 20.2. The maximum atomic E-state index is 12.3. The average Bonchev–Trinajstić information content (AvgIpc) is 2.66. The van der Waals surface area contributed by atoms with E-state index in [0.29, 0.717) is 17.0 Å². The Hall–Kier alpha value is -2.54. The van der Waals surface area contributed by atoms with Crippen LogP contribution in [-0.2, 0) is 0 Å². The lowest BCUT2D eigenvalue weighted by molar-refractivity contribution is 0.243. The smallest absolute Gasteiger partial charge is 0.319 e. The van der Waals surface area contributed by atoms with Gasteiger partial charge in [-0.15, -0.1) is 0 Å². The highest BCUT2D eigenvalue weighted by Gasteiger charge is 2.23. The van der Waals surface area contributed by atoms with Gasteiger partial charge in [-0.1, -0.05) is 11.6 Å². The summed E-state index contributed by atoms with van der Waals surface area (Å²) in [5.74, 6) is 1.53. The molecule has 150 valence electrons.